The zero-order valence-corrected chi connectivity index (χ0v) is 9.20. The van der Waals surface area contributed by atoms with Crippen LogP contribution < -0.4 is 5.32 Å². The Kier molecular flexibility index (Phi) is 4.72. The molecule has 15 heavy (non-hydrogen) atoms. The van der Waals surface area contributed by atoms with E-state index in [0.29, 0.717) is 18.0 Å². The van der Waals surface area contributed by atoms with E-state index in [1.165, 1.54) is 6.07 Å². The van der Waals surface area contributed by atoms with Gasteiger partial charge in [-0.25, -0.2) is 4.39 Å². The lowest BCUT2D eigenvalue weighted by molar-refractivity contribution is 0.209. The molecule has 1 rings (SSSR count). The SMILES string of the molecule is CC(C)C(CO)NCc1ccccc1F. The van der Waals surface area contributed by atoms with Crippen LogP contribution in [0.15, 0.2) is 24.3 Å². The third kappa shape index (κ3) is 3.61. The highest BCUT2D eigenvalue weighted by atomic mass is 19.1. The first-order chi connectivity index (χ1) is 7.15. The Bertz CT molecular complexity index is 301. The third-order valence-corrected chi connectivity index (χ3v) is 2.51. The quantitative estimate of drug-likeness (QED) is 0.780. The van der Waals surface area contributed by atoms with Crippen molar-refractivity contribution in [1.82, 2.24) is 5.32 Å². The third-order valence-electron chi connectivity index (χ3n) is 2.51. The highest BCUT2D eigenvalue weighted by Crippen LogP contribution is 2.07. The minimum atomic E-state index is -0.203. The molecule has 2 nitrogen and oxygen atoms in total. The maximum absolute atomic E-state index is 13.2. The van der Waals surface area contributed by atoms with Gasteiger partial charge in [0.15, 0.2) is 0 Å². The Morgan fingerprint density at radius 3 is 2.53 bits per heavy atom. The van der Waals surface area contributed by atoms with Crippen molar-refractivity contribution in [3.8, 4) is 0 Å². The van der Waals surface area contributed by atoms with Crippen LogP contribution in [0.1, 0.15) is 19.4 Å². The number of hydrogen-bond acceptors (Lipinski definition) is 2. The van der Waals surface area contributed by atoms with Gasteiger partial charge >= 0.3 is 0 Å². The number of hydrogen-bond donors (Lipinski definition) is 2. The van der Waals surface area contributed by atoms with Gasteiger partial charge < -0.3 is 10.4 Å². The van der Waals surface area contributed by atoms with Crippen LogP contribution in [0.25, 0.3) is 0 Å². The zero-order valence-electron chi connectivity index (χ0n) is 9.20. The van der Waals surface area contributed by atoms with Gasteiger partial charge in [-0.05, 0) is 12.0 Å². The van der Waals surface area contributed by atoms with Crippen molar-refractivity contribution in [2.24, 2.45) is 5.92 Å². The van der Waals surface area contributed by atoms with Gasteiger partial charge in [0.05, 0.1) is 6.61 Å². The molecule has 0 aliphatic rings. The number of benzene rings is 1. The Balaban J connectivity index is 2.53. The lowest BCUT2D eigenvalue weighted by Crippen LogP contribution is -2.36. The van der Waals surface area contributed by atoms with Crippen molar-refractivity contribution in [2.75, 3.05) is 6.61 Å². The second-order valence-electron chi connectivity index (χ2n) is 4.01. The topological polar surface area (TPSA) is 32.3 Å². The molecule has 3 heteroatoms. The highest BCUT2D eigenvalue weighted by Gasteiger charge is 2.11. The van der Waals surface area contributed by atoms with E-state index in [1.54, 1.807) is 12.1 Å². The second-order valence-corrected chi connectivity index (χ2v) is 4.01. The molecule has 0 saturated carbocycles. The fraction of sp³-hybridized carbons (Fsp3) is 0.500. The van der Waals surface area contributed by atoms with Crippen LogP contribution in [0.3, 0.4) is 0 Å². The molecule has 1 unspecified atom stereocenters. The van der Waals surface area contributed by atoms with Gasteiger partial charge in [0.25, 0.3) is 0 Å². The molecule has 0 aromatic heterocycles. The fourth-order valence-corrected chi connectivity index (χ4v) is 1.39. The van der Waals surface area contributed by atoms with Crippen LogP contribution in [-0.2, 0) is 6.54 Å². The van der Waals surface area contributed by atoms with Crippen LogP contribution in [-0.4, -0.2) is 17.8 Å². The van der Waals surface area contributed by atoms with Crippen molar-refractivity contribution in [3.63, 3.8) is 0 Å². The summed E-state index contributed by atoms with van der Waals surface area (Å²) in [7, 11) is 0. The summed E-state index contributed by atoms with van der Waals surface area (Å²) in [5.74, 6) is 0.132. The normalized spacial score (nSPS) is 13.1. The minimum absolute atomic E-state index is 0.0182. The molecule has 0 aliphatic heterocycles. The van der Waals surface area contributed by atoms with Crippen molar-refractivity contribution < 1.29 is 9.50 Å². The summed E-state index contributed by atoms with van der Waals surface area (Å²) in [6.45, 7) is 4.58. The van der Waals surface area contributed by atoms with Gasteiger partial charge in [-0.2, -0.15) is 0 Å². The second kappa shape index (κ2) is 5.83. The van der Waals surface area contributed by atoms with E-state index in [0.717, 1.165) is 0 Å². The van der Waals surface area contributed by atoms with Gasteiger partial charge in [-0.15, -0.1) is 0 Å². The number of halogens is 1. The summed E-state index contributed by atoms with van der Waals surface area (Å²) in [6, 6.07) is 6.69. The molecular formula is C12H18FNO. The lowest BCUT2D eigenvalue weighted by Gasteiger charge is -2.20. The number of nitrogens with one attached hydrogen (secondary N) is 1. The van der Waals surface area contributed by atoms with Crippen LogP contribution in [0.2, 0.25) is 0 Å². The first-order valence-electron chi connectivity index (χ1n) is 5.22. The smallest absolute Gasteiger partial charge is 0.127 e. The Morgan fingerprint density at radius 1 is 1.33 bits per heavy atom. The molecule has 1 aromatic carbocycles. The van der Waals surface area contributed by atoms with E-state index >= 15 is 0 Å². The maximum Gasteiger partial charge on any atom is 0.127 e. The summed E-state index contributed by atoms with van der Waals surface area (Å²) in [5, 5.41) is 12.2. The molecule has 0 radical (unpaired) electrons. The van der Waals surface area contributed by atoms with Crippen molar-refractivity contribution >= 4 is 0 Å². The Hall–Kier alpha value is -0.930. The monoisotopic (exact) mass is 211 g/mol. The van der Waals surface area contributed by atoms with E-state index < -0.39 is 0 Å². The van der Waals surface area contributed by atoms with E-state index in [1.807, 2.05) is 19.9 Å². The predicted molar refractivity (Wildman–Crippen MR) is 59.0 cm³/mol. The molecule has 0 heterocycles. The average molecular weight is 211 g/mol. The van der Waals surface area contributed by atoms with Gasteiger partial charge in [0.2, 0.25) is 0 Å². The molecule has 2 N–H and O–H groups in total. The molecule has 0 aliphatic carbocycles. The summed E-state index contributed by atoms with van der Waals surface area (Å²) in [6.07, 6.45) is 0. The molecule has 0 bridgehead atoms. The van der Waals surface area contributed by atoms with Gasteiger partial charge in [-0.3, -0.25) is 0 Å². The maximum atomic E-state index is 13.2. The number of aliphatic hydroxyl groups excluding tert-OH is 1. The predicted octanol–water partition coefficient (Wildman–Crippen LogP) is 1.93. The minimum Gasteiger partial charge on any atom is -0.395 e. The largest absolute Gasteiger partial charge is 0.395 e. The van der Waals surface area contributed by atoms with Crippen LogP contribution in [0.4, 0.5) is 4.39 Å². The van der Waals surface area contributed by atoms with Crippen molar-refractivity contribution in [1.29, 1.82) is 0 Å². The van der Waals surface area contributed by atoms with E-state index in [2.05, 4.69) is 5.32 Å². The molecule has 0 saturated heterocycles. The molecular weight excluding hydrogens is 193 g/mol. The summed E-state index contributed by atoms with van der Waals surface area (Å²) < 4.78 is 13.2. The molecule has 0 amide bonds. The average Bonchev–Trinajstić information content (AvgIpc) is 2.21. The van der Waals surface area contributed by atoms with Gasteiger partial charge in [0.1, 0.15) is 5.82 Å². The van der Waals surface area contributed by atoms with Crippen LogP contribution >= 0.6 is 0 Å². The van der Waals surface area contributed by atoms with Crippen LogP contribution in [0, 0.1) is 11.7 Å². The van der Waals surface area contributed by atoms with Crippen LogP contribution in [0.5, 0.6) is 0 Å². The Morgan fingerprint density at radius 2 is 2.00 bits per heavy atom. The first kappa shape index (κ1) is 12.1. The number of rotatable bonds is 5. The molecule has 0 fully saturated rings. The summed E-state index contributed by atoms with van der Waals surface area (Å²) in [4.78, 5) is 0. The van der Waals surface area contributed by atoms with Crippen molar-refractivity contribution in [3.05, 3.63) is 35.6 Å². The van der Waals surface area contributed by atoms with Gasteiger partial charge in [0, 0.05) is 18.2 Å². The summed E-state index contributed by atoms with van der Waals surface area (Å²) in [5.41, 5.74) is 0.636. The first-order valence-corrected chi connectivity index (χ1v) is 5.22. The van der Waals surface area contributed by atoms with E-state index in [-0.39, 0.29) is 18.5 Å². The molecule has 84 valence electrons. The molecule has 1 aromatic rings. The van der Waals surface area contributed by atoms with Gasteiger partial charge in [-0.1, -0.05) is 32.0 Å². The van der Waals surface area contributed by atoms with Crippen molar-refractivity contribution in [2.45, 2.75) is 26.4 Å². The zero-order chi connectivity index (χ0) is 11.3. The van der Waals surface area contributed by atoms with E-state index in [4.69, 9.17) is 5.11 Å². The standard InChI is InChI=1S/C12H18FNO/c1-9(2)12(8-15)14-7-10-5-3-4-6-11(10)13/h3-6,9,12,14-15H,7-8H2,1-2H3. The highest BCUT2D eigenvalue weighted by molar-refractivity contribution is 5.17. The Labute approximate surface area is 90.1 Å². The lowest BCUT2D eigenvalue weighted by atomic mass is 10.1. The number of aliphatic hydroxyl groups is 1. The summed E-state index contributed by atoms with van der Waals surface area (Å²) >= 11 is 0. The molecule has 1 atom stereocenters. The van der Waals surface area contributed by atoms with E-state index in [9.17, 15) is 4.39 Å². The fourth-order valence-electron chi connectivity index (χ4n) is 1.39. The molecule has 0 spiro atoms.